The lowest BCUT2D eigenvalue weighted by Gasteiger charge is -2.23. The van der Waals surface area contributed by atoms with Gasteiger partial charge in [-0.05, 0) is 47.1 Å². The zero-order chi connectivity index (χ0) is 14.3. The molecule has 0 spiro atoms. The fourth-order valence-electron chi connectivity index (χ4n) is 1.69. The Morgan fingerprint density at radius 3 is 2.68 bits per heavy atom. The van der Waals surface area contributed by atoms with Crippen molar-refractivity contribution in [1.29, 1.82) is 0 Å². The third kappa shape index (κ3) is 4.99. The molecular formula is C14H20INO3. The van der Waals surface area contributed by atoms with Crippen LogP contribution in [0.1, 0.15) is 38.4 Å². The van der Waals surface area contributed by atoms with Crippen LogP contribution in [0.3, 0.4) is 0 Å². The first-order valence-electron chi connectivity index (χ1n) is 6.47. The number of carbonyl (C=O) groups is 1. The van der Waals surface area contributed by atoms with E-state index in [4.69, 9.17) is 4.74 Å². The number of nitrogens with one attached hydrogen (secondary N) is 1. The first-order chi connectivity index (χ1) is 9.10. The molecule has 2 N–H and O–H groups in total. The normalized spacial score (nSPS) is 13.7. The van der Waals surface area contributed by atoms with Gasteiger partial charge in [-0.3, -0.25) is 0 Å². The standard InChI is InChI=1S/C14H20INO3/c1-3-9-16-14(18)19-12(4-2)13(17)10-7-5-6-8-11(10)15/h5-8,12-13,17H,3-4,9H2,1-2H3,(H,16,18)/t12-,13-/m0/s1. The Bertz CT molecular complexity index is 411. The van der Waals surface area contributed by atoms with Crippen molar-refractivity contribution in [2.45, 2.75) is 38.9 Å². The summed E-state index contributed by atoms with van der Waals surface area (Å²) in [6, 6.07) is 7.55. The SMILES string of the molecule is CCCNC(=O)O[C@@H](CC)[C@@H](O)c1ccccc1I. The first-order valence-corrected chi connectivity index (χ1v) is 7.55. The second kappa shape index (κ2) is 8.37. The van der Waals surface area contributed by atoms with Crippen molar-refractivity contribution in [2.75, 3.05) is 6.54 Å². The second-order valence-corrected chi connectivity index (χ2v) is 5.41. The number of amides is 1. The van der Waals surface area contributed by atoms with Crippen LogP contribution in [0.4, 0.5) is 4.79 Å². The largest absolute Gasteiger partial charge is 0.443 e. The van der Waals surface area contributed by atoms with E-state index in [9.17, 15) is 9.90 Å². The summed E-state index contributed by atoms with van der Waals surface area (Å²) in [4.78, 5) is 11.5. The molecule has 0 aromatic heterocycles. The average Bonchev–Trinajstić information content (AvgIpc) is 2.42. The molecule has 0 saturated carbocycles. The topological polar surface area (TPSA) is 58.6 Å². The van der Waals surface area contributed by atoms with Crippen molar-refractivity contribution in [3.8, 4) is 0 Å². The minimum atomic E-state index is -0.800. The number of rotatable bonds is 6. The van der Waals surface area contributed by atoms with Crippen LogP contribution in [0, 0.1) is 3.57 Å². The quantitative estimate of drug-likeness (QED) is 0.749. The molecule has 2 atom stereocenters. The highest BCUT2D eigenvalue weighted by molar-refractivity contribution is 14.1. The van der Waals surface area contributed by atoms with Crippen LogP contribution in [0.2, 0.25) is 0 Å². The molecule has 0 heterocycles. The zero-order valence-corrected chi connectivity index (χ0v) is 13.4. The summed E-state index contributed by atoms with van der Waals surface area (Å²) in [5.74, 6) is 0. The van der Waals surface area contributed by atoms with E-state index >= 15 is 0 Å². The van der Waals surface area contributed by atoms with Crippen molar-refractivity contribution in [3.05, 3.63) is 33.4 Å². The van der Waals surface area contributed by atoms with Gasteiger partial charge in [-0.25, -0.2) is 4.79 Å². The minimum absolute atomic E-state index is 0.473. The van der Waals surface area contributed by atoms with Crippen LogP contribution in [0.5, 0.6) is 0 Å². The lowest BCUT2D eigenvalue weighted by molar-refractivity contribution is -0.000609. The fourth-order valence-corrected chi connectivity index (χ4v) is 2.40. The van der Waals surface area contributed by atoms with E-state index in [1.807, 2.05) is 38.1 Å². The Balaban J connectivity index is 2.69. The summed E-state index contributed by atoms with van der Waals surface area (Å²) in [7, 11) is 0. The Kier molecular flexibility index (Phi) is 7.15. The highest BCUT2D eigenvalue weighted by Crippen LogP contribution is 2.25. The van der Waals surface area contributed by atoms with E-state index < -0.39 is 18.3 Å². The van der Waals surface area contributed by atoms with E-state index in [0.29, 0.717) is 13.0 Å². The molecule has 1 aromatic carbocycles. The molecule has 4 nitrogen and oxygen atoms in total. The van der Waals surface area contributed by atoms with Gasteiger partial charge in [0.2, 0.25) is 0 Å². The molecule has 1 aromatic rings. The number of benzene rings is 1. The van der Waals surface area contributed by atoms with Crippen molar-refractivity contribution >= 4 is 28.7 Å². The molecule has 1 amide bonds. The summed E-state index contributed by atoms with van der Waals surface area (Å²) in [6.07, 6.45) is -0.395. The Morgan fingerprint density at radius 1 is 1.42 bits per heavy atom. The molecule has 0 fully saturated rings. The Morgan fingerprint density at radius 2 is 2.11 bits per heavy atom. The molecule has 0 saturated heterocycles. The van der Waals surface area contributed by atoms with Gasteiger partial charge in [-0.2, -0.15) is 0 Å². The van der Waals surface area contributed by atoms with Crippen molar-refractivity contribution in [2.24, 2.45) is 0 Å². The van der Waals surface area contributed by atoms with Gasteiger partial charge < -0.3 is 15.2 Å². The van der Waals surface area contributed by atoms with E-state index in [1.54, 1.807) is 0 Å². The maximum Gasteiger partial charge on any atom is 0.407 e. The van der Waals surface area contributed by atoms with Crippen LogP contribution in [0.15, 0.2) is 24.3 Å². The first kappa shape index (κ1) is 16.2. The number of hydrogen-bond acceptors (Lipinski definition) is 3. The van der Waals surface area contributed by atoms with Crippen LogP contribution in [-0.2, 0) is 4.74 Å². The third-order valence-electron chi connectivity index (χ3n) is 2.76. The van der Waals surface area contributed by atoms with E-state index in [1.165, 1.54) is 0 Å². The minimum Gasteiger partial charge on any atom is -0.443 e. The van der Waals surface area contributed by atoms with Crippen LogP contribution < -0.4 is 5.32 Å². The van der Waals surface area contributed by atoms with Crippen LogP contribution >= 0.6 is 22.6 Å². The van der Waals surface area contributed by atoms with Crippen LogP contribution in [-0.4, -0.2) is 23.8 Å². The van der Waals surface area contributed by atoms with Gasteiger partial charge >= 0.3 is 6.09 Å². The maximum absolute atomic E-state index is 11.5. The number of ether oxygens (including phenoxy) is 1. The molecule has 19 heavy (non-hydrogen) atoms. The van der Waals surface area contributed by atoms with Gasteiger partial charge in [0.15, 0.2) is 0 Å². The number of hydrogen-bond donors (Lipinski definition) is 2. The Hall–Kier alpha value is -0.820. The second-order valence-electron chi connectivity index (χ2n) is 4.25. The number of halogens is 1. The summed E-state index contributed by atoms with van der Waals surface area (Å²) in [5, 5.41) is 13.0. The van der Waals surface area contributed by atoms with Crippen molar-refractivity contribution in [3.63, 3.8) is 0 Å². The summed E-state index contributed by atoms with van der Waals surface area (Å²) in [5.41, 5.74) is 0.790. The third-order valence-corrected chi connectivity index (χ3v) is 3.74. The Labute approximate surface area is 127 Å². The summed E-state index contributed by atoms with van der Waals surface area (Å²) in [6.45, 7) is 4.43. The number of aliphatic hydroxyl groups is 1. The molecule has 0 aliphatic rings. The highest BCUT2D eigenvalue weighted by Gasteiger charge is 2.24. The lowest BCUT2D eigenvalue weighted by Crippen LogP contribution is -2.32. The molecule has 0 unspecified atom stereocenters. The van der Waals surface area contributed by atoms with Gasteiger partial charge in [0, 0.05) is 10.1 Å². The van der Waals surface area contributed by atoms with Gasteiger partial charge in [-0.15, -0.1) is 0 Å². The van der Waals surface area contributed by atoms with Gasteiger partial charge in [0.1, 0.15) is 12.2 Å². The fraction of sp³-hybridized carbons (Fsp3) is 0.500. The molecule has 0 radical (unpaired) electrons. The highest BCUT2D eigenvalue weighted by atomic mass is 127. The molecule has 5 heteroatoms. The maximum atomic E-state index is 11.5. The molecule has 1 rings (SSSR count). The van der Waals surface area contributed by atoms with Crippen molar-refractivity contribution < 1.29 is 14.6 Å². The molecule has 0 bridgehead atoms. The van der Waals surface area contributed by atoms with E-state index in [-0.39, 0.29) is 0 Å². The van der Waals surface area contributed by atoms with Crippen molar-refractivity contribution in [1.82, 2.24) is 5.32 Å². The number of aliphatic hydroxyl groups excluding tert-OH is 1. The number of carbonyl (C=O) groups excluding carboxylic acids is 1. The monoisotopic (exact) mass is 377 g/mol. The van der Waals surface area contributed by atoms with Gasteiger partial charge in [0.05, 0.1) is 0 Å². The molecule has 0 aliphatic heterocycles. The number of alkyl carbamates (subject to hydrolysis) is 1. The van der Waals surface area contributed by atoms with E-state index in [0.717, 1.165) is 15.6 Å². The van der Waals surface area contributed by atoms with Gasteiger partial charge in [0.25, 0.3) is 0 Å². The summed E-state index contributed by atoms with van der Waals surface area (Å²) >= 11 is 2.17. The van der Waals surface area contributed by atoms with Gasteiger partial charge in [-0.1, -0.05) is 32.0 Å². The predicted octanol–water partition coefficient (Wildman–Crippen LogP) is 3.24. The summed E-state index contributed by atoms with van der Waals surface area (Å²) < 4.78 is 6.23. The molecular weight excluding hydrogens is 357 g/mol. The molecule has 106 valence electrons. The zero-order valence-electron chi connectivity index (χ0n) is 11.2. The van der Waals surface area contributed by atoms with Crippen LogP contribution in [0.25, 0.3) is 0 Å². The van der Waals surface area contributed by atoms with E-state index in [2.05, 4.69) is 27.9 Å². The lowest BCUT2D eigenvalue weighted by atomic mass is 10.0. The average molecular weight is 377 g/mol. The molecule has 0 aliphatic carbocycles. The predicted molar refractivity (Wildman–Crippen MR) is 83.0 cm³/mol. The smallest absolute Gasteiger partial charge is 0.407 e.